The second kappa shape index (κ2) is 12.1. The van der Waals surface area contributed by atoms with Crippen molar-refractivity contribution in [3.8, 4) is 0 Å². The minimum atomic E-state index is -0.197. The molecule has 1 atom stereocenters. The van der Waals surface area contributed by atoms with Crippen LogP contribution in [-0.4, -0.2) is 95.3 Å². The highest BCUT2D eigenvalue weighted by Crippen LogP contribution is 2.34. The van der Waals surface area contributed by atoms with E-state index in [-0.39, 0.29) is 12.7 Å². The first-order valence-electron chi connectivity index (χ1n) is 14.2. The average molecular weight is 522 g/mol. The van der Waals surface area contributed by atoms with Crippen molar-refractivity contribution in [1.82, 2.24) is 19.6 Å². The van der Waals surface area contributed by atoms with Gasteiger partial charge in [-0.2, -0.15) is 5.10 Å². The molecule has 3 aliphatic rings. The highest BCUT2D eigenvalue weighted by Gasteiger charge is 2.30. The Morgan fingerprint density at radius 1 is 1.18 bits per heavy atom. The maximum Gasteiger partial charge on any atom is 0.130 e. The number of aliphatic hydroxyl groups is 1. The van der Waals surface area contributed by atoms with E-state index in [2.05, 4.69) is 59.5 Å². The van der Waals surface area contributed by atoms with Gasteiger partial charge in [-0.3, -0.25) is 4.90 Å². The third-order valence-corrected chi connectivity index (χ3v) is 8.19. The third-order valence-electron chi connectivity index (χ3n) is 8.19. The molecule has 3 fully saturated rings. The molecule has 8 heteroatoms. The Balaban J connectivity index is 1.43. The van der Waals surface area contributed by atoms with Crippen LogP contribution in [0, 0.1) is 6.92 Å². The van der Waals surface area contributed by atoms with Crippen LogP contribution in [0.15, 0.2) is 41.2 Å². The number of amidine groups is 1. The van der Waals surface area contributed by atoms with Crippen molar-refractivity contribution in [2.45, 2.75) is 65.0 Å². The van der Waals surface area contributed by atoms with Crippen LogP contribution in [0.2, 0.25) is 0 Å². The van der Waals surface area contributed by atoms with Gasteiger partial charge in [0.25, 0.3) is 0 Å². The molecule has 1 aromatic heterocycles. The molecule has 0 radical (unpaired) electrons. The summed E-state index contributed by atoms with van der Waals surface area (Å²) in [6, 6.07) is 5.29. The predicted octanol–water partition coefficient (Wildman–Crippen LogP) is 4.19. The van der Waals surface area contributed by atoms with Gasteiger partial charge in [0.2, 0.25) is 0 Å². The fourth-order valence-corrected chi connectivity index (χ4v) is 5.94. The molecule has 3 aliphatic heterocycles. The molecular weight excluding hydrogens is 478 g/mol. The number of nitrogens with zero attached hydrogens (tertiary/aromatic N) is 5. The number of piperidine rings is 1. The standard InChI is InChI=1S/C30H43N5O3/c1-5-6-22(3)32-30(34-11-12-38-27(17-34)18-36)14-23(4)35-29-15-28(21(2)13-25(29)16-31-35)24-7-9-33(10-8-24)26-19-37-20-26/h6,13-16,24,26-27,36H,5,7-12,17-20H2,1-4H3/b22-6+,23-14+,32-30+. The van der Waals surface area contributed by atoms with Crippen molar-refractivity contribution in [3.05, 3.63) is 47.3 Å². The van der Waals surface area contributed by atoms with Gasteiger partial charge >= 0.3 is 0 Å². The summed E-state index contributed by atoms with van der Waals surface area (Å²) in [6.45, 7) is 14.5. The lowest BCUT2D eigenvalue weighted by Gasteiger charge is -2.41. The summed E-state index contributed by atoms with van der Waals surface area (Å²) >= 11 is 0. The molecule has 0 aliphatic carbocycles. The average Bonchev–Trinajstić information content (AvgIpc) is 3.30. The Kier molecular flexibility index (Phi) is 8.63. The van der Waals surface area contributed by atoms with Crippen molar-refractivity contribution < 1.29 is 14.6 Å². The van der Waals surface area contributed by atoms with Crippen molar-refractivity contribution in [1.29, 1.82) is 0 Å². The van der Waals surface area contributed by atoms with Crippen LogP contribution in [0.4, 0.5) is 0 Å². The molecule has 3 saturated heterocycles. The number of aliphatic hydroxyl groups excluding tert-OH is 1. The van der Waals surface area contributed by atoms with E-state index >= 15 is 0 Å². The lowest BCUT2D eigenvalue weighted by atomic mass is 9.85. The number of aryl methyl sites for hydroxylation is 1. The predicted molar refractivity (Wildman–Crippen MR) is 152 cm³/mol. The molecule has 0 bridgehead atoms. The molecule has 206 valence electrons. The number of aromatic nitrogens is 2. The summed E-state index contributed by atoms with van der Waals surface area (Å²) in [7, 11) is 0. The maximum atomic E-state index is 9.68. The van der Waals surface area contributed by atoms with Crippen LogP contribution >= 0.6 is 0 Å². The van der Waals surface area contributed by atoms with Crippen LogP contribution in [-0.2, 0) is 9.47 Å². The van der Waals surface area contributed by atoms with Crippen molar-refractivity contribution in [2.24, 2.45) is 4.99 Å². The van der Waals surface area contributed by atoms with Crippen LogP contribution in [0.5, 0.6) is 0 Å². The number of morpholine rings is 1. The van der Waals surface area contributed by atoms with Gasteiger partial charge in [0, 0.05) is 35.9 Å². The van der Waals surface area contributed by atoms with E-state index in [1.165, 1.54) is 24.0 Å². The van der Waals surface area contributed by atoms with E-state index in [0.717, 1.165) is 67.4 Å². The number of hydrogen-bond donors (Lipinski definition) is 1. The Bertz CT molecular complexity index is 1200. The third kappa shape index (κ3) is 5.88. The lowest BCUT2D eigenvalue weighted by molar-refractivity contribution is -0.0712. The molecule has 4 heterocycles. The van der Waals surface area contributed by atoms with Crippen LogP contribution in [0.1, 0.15) is 57.1 Å². The number of rotatable bonds is 7. The first-order chi connectivity index (χ1) is 18.5. The topological polar surface area (TPSA) is 75.4 Å². The number of aliphatic imine (C=N–C) groups is 1. The molecule has 1 N–H and O–H groups in total. The highest BCUT2D eigenvalue weighted by molar-refractivity contribution is 5.98. The zero-order valence-electron chi connectivity index (χ0n) is 23.4. The number of benzene rings is 1. The molecule has 38 heavy (non-hydrogen) atoms. The fraction of sp³-hybridized carbons (Fsp3) is 0.600. The first kappa shape index (κ1) is 27.1. The summed E-state index contributed by atoms with van der Waals surface area (Å²) in [5.41, 5.74) is 5.96. The highest BCUT2D eigenvalue weighted by atomic mass is 16.5. The molecule has 8 nitrogen and oxygen atoms in total. The maximum absolute atomic E-state index is 9.68. The van der Waals surface area contributed by atoms with E-state index in [4.69, 9.17) is 19.6 Å². The zero-order chi connectivity index (χ0) is 26.6. The van der Waals surface area contributed by atoms with Gasteiger partial charge in [0.05, 0.1) is 50.3 Å². The summed E-state index contributed by atoms with van der Waals surface area (Å²) < 4.78 is 13.2. The quantitative estimate of drug-likeness (QED) is 0.435. The molecule has 5 rings (SSSR count). The van der Waals surface area contributed by atoms with Gasteiger partial charge in [-0.25, -0.2) is 9.67 Å². The number of likely N-dealkylation sites (tertiary alicyclic amines) is 1. The largest absolute Gasteiger partial charge is 0.394 e. The minimum absolute atomic E-state index is 0.00946. The molecule has 2 aromatic rings. The van der Waals surface area contributed by atoms with Crippen molar-refractivity contribution in [3.63, 3.8) is 0 Å². The second-order valence-electron chi connectivity index (χ2n) is 11.0. The van der Waals surface area contributed by atoms with Gasteiger partial charge in [0.1, 0.15) is 5.84 Å². The molecule has 0 amide bonds. The minimum Gasteiger partial charge on any atom is -0.394 e. The number of hydrogen-bond acceptors (Lipinski definition) is 6. The summed E-state index contributed by atoms with van der Waals surface area (Å²) in [6.07, 6.45) is 9.35. The Morgan fingerprint density at radius 3 is 2.66 bits per heavy atom. The molecular formula is C30H43N5O3. The van der Waals surface area contributed by atoms with Gasteiger partial charge < -0.3 is 19.5 Å². The Labute approximate surface area is 226 Å². The van der Waals surface area contributed by atoms with Crippen molar-refractivity contribution >= 4 is 22.4 Å². The Morgan fingerprint density at radius 2 is 1.97 bits per heavy atom. The first-order valence-corrected chi connectivity index (χ1v) is 14.2. The normalized spacial score (nSPS) is 23.3. The van der Waals surface area contributed by atoms with Crippen LogP contribution in [0.25, 0.3) is 16.6 Å². The van der Waals surface area contributed by atoms with Gasteiger partial charge in [-0.15, -0.1) is 0 Å². The molecule has 1 aromatic carbocycles. The monoisotopic (exact) mass is 521 g/mol. The molecule has 0 spiro atoms. The van der Waals surface area contributed by atoms with Gasteiger partial charge in [-0.1, -0.05) is 13.0 Å². The SMILES string of the molecule is CC/C=C(C)/N=C(\C=C(/C)n1ncc2cc(C)c(C3CCN(C4COC4)CC3)cc21)N1CCOC(CO)C1. The number of ether oxygens (including phenoxy) is 2. The molecule has 1 unspecified atom stereocenters. The van der Waals surface area contributed by atoms with E-state index in [1.54, 1.807) is 0 Å². The summed E-state index contributed by atoms with van der Waals surface area (Å²) in [4.78, 5) is 9.78. The van der Waals surface area contributed by atoms with E-state index in [1.807, 2.05) is 13.1 Å². The second-order valence-corrected chi connectivity index (χ2v) is 11.0. The molecule has 0 saturated carbocycles. The summed E-state index contributed by atoms with van der Waals surface area (Å²) in [5, 5.41) is 15.6. The Hall–Kier alpha value is -2.52. The van der Waals surface area contributed by atoms with Crippen LogP contribution in [0.3, 0.4) is 0 Å². The summed E-state index contributed by atoms with van der Waals surface area (Å²) in [5.74, 6) is 1.46. The lowest BCUT2D eigenvalue weighted by Crippen LogP contribution is -2.51. The zero-order valence-corrected chi connectivity index (χ0v) is 23.4. The smallest absolute Gasteiger partial charge is 0.130 e. The van der Waals surface area contributed by atoms with Crippen LogP contribution < -0.4 is 0 Å². The van der Waals surface area contributed by atoms with Gasteiger partial charge in [0.15, 0.2) is 0 Å². The number of fused-ring (bicyclic) bond motifs is 1. The van der Waals surface area contributed by atoms with E-state index in [9.17, 15) is 5.11 Å². The number of allylic oxidation sites excluding steroid dienone is 3. The van der Waals surface area contributed by atoms with Gasteiger partial charge in [-0.05, 0) is 82.3 Å². The fourth-order valence-electron chi connectivity index (χ4n) is 5.94. The van der Waals surface area contributed by atoms with E-state index in [0.29, 0.717) is 25.1 Å². The van der Waals surface area contributed by atoms with Crippen molar-refractivity contribution in [2.75, 3.05) is 52.6 Å². The van der Waals surface area contributed by atoms with E-state index < -0.39 is 0 Å².